The molecule has 6 nitrogen and oxygen atoms in total. The zero-order chi connectivity index (χ0) is 26.0. The Kier molecular flexibility index (Phi) is 9.08. The first-order valence-electron chi connectivity index (χ1n) is 12.7. The third kappa shape index (κ3) is 7.76. The second-order valence-corrected chi connectivity index (χ2v) is 18.6. The summed E-state index contributed by atoms with van der Waals surface area (Å²) in [5.74, 6) is 1.09. The molecule has 0 saturated heterocycles. The fourth-order valence-corrected chi connectivity index (χ4v) is 5.60. The van der Waals surface area contributed by atoms with Gasteiger partial charge in [0, 0.05) is 14.7 Å². The molecule has 1 N–H and O–H groups in total. The van der Waals surface area contributed by atoms with E-state index in [2.05, 4.69) is 47.8 Å². The summed E-state index contributed by atoms with van der Waals surface area (Å²) >= 11 is 3.32. The van der Waals surface area contributed by atoms with E-state index in [0.717, 1.165) is 31.7 Å². The molecule has 1 fully saturated rings. The van der Waals surface area contributed by atoms with Crippen LogP contribution < -0.4 is 5.32 Å². The second kappa shape index (κ2) is 11.3. The van der Waals surface area contributed by atoms with Crippen LogP contribution in [0.2, 0.25) is 25.7 Å². The van der Waals surface area contributed by atoms with E-state index in [9.17, 15) is 4.79 Å². The highest BCUT2D eigenvalue weighted by Crippen LogP contribution is 2.38. The largest absolute Gasteiger partial charge is 0.444 e. The van der Waals surface area contributed by atoms with Gasteiger partial charge in [0.2, 0.25) is 0 Å². The molecule has 3 rings (SSSR count). The minimum Gasteiger partial charge on any atom is -0.444 e. The number of fused-ring (bicyclic) bond motifs is 1. The number of carbonyl (C=O) groups is 1. The smallest absolute Gasteiger partial charge is 0.408 e. The summed E-state index contributed by atoms with van der Waals surface area (Å²) in [5, 5.41) is 3.10. The predicted octanol–water partition coefficient (Wildman–Crippen LogP) is 7.64. The lowest BCUT2D eigenvalue weighted by Crippen LogP contribution is -2.40. The van der Waals surface area contributed by atoms with Crippen molar-refractivity contribution in [3.63, 3.8) is 0 Å². The van der Waals surface area contributed by atoms with Crippen LogP contribution in [-0.4, -0.2) is 35.9 Å². The molecule has 0 spiro atoms. The van der Waals surface area contributed by atoms with Crippen molar-refractivity contribution in [2.75, 3.05) is 6.61 Å². The normalized spacial score (nSPS) is 20.1. The molecule has 1 unspecified atom stereocenters. The Bertz CT molecular complexity index is 1020. The number of nitrogens with one attached hydrogen (secondary N) is 1. The van der Waals surface area contributed by atoms with Gasteiger partial charge in [0.15, 0.2) is 5.82 Å². The van der Waals surface area contributed by atoms with Gasteiger partial charge >= 0.3 is 6.09 Å². The SMILES string of the molecule is CC1CCC(C(NC(=O)OC(C)(C)C)c2nc3ccc(Br)c(F)c3n2COCC[Si](C)(C)C)CC1. The minimum absolute atomic E-state index is 0.180. The lowest BCUT2D eigenvalue weighted by molar-refractivity contribution is 0.0454. The van der Waals surface area contributed by atoms with Gasteiger partial charge in [-0.3, -0.25) is 4.57 Å². The quantitative estimate of drug-likeness (QED) is 0.262. The highest BCUT2D eigenvalue weighted by molar-refractivity contribution is 9.10. The van der Waals surface area contributed by atoms with Gasteiger partial charge in [-0.15, -0.1) is 0 Å². The number of ether oxygens (including phenoxy) is 2. The highest BCUT2D eigenvalue weighted by Gasteiger charge is 2.34. The van der Waals surface area contributed by atoms with Crippen LogP contribution in [0.5, 0.6) is 0 Å². The maximum Gasteiger partial charge on any atom is 0.408 e. The molecule has 1 aliphatic carbocycles. The first kappa shape index (κ1) is 28.1. The van der Waals surface area contributed by atoms with Crippen LogP contribution in [0.3, 0.4) is 0 Å². The minimum atomic E-state index is -1.27. The monoisotopic (exact) mass is 569 g/mol. The average Bonchev–Trinajstić information content (AvgIpc) is 3.10. The van der Waals surface area contributed by atoms with E-state index in [1.165, 1.54) is 0 Å². The molecule has 1 atom stereocenters. The van der Waals surface area contributed by atoms with Crippen LogP contribution in [-0.2, 0) is 16.2 Å². The van der Waals surface area contributed by atoms with Gasteiger partial charge in [-0.2, -0.15) is 0 Å². The number of benzene rings is 1. The van der Waals surface area contributed by atoms with Gasteiger partial charge in [0.25, 0.3) is 0 Å². The Balaban J connectivity index is 2.01. The molecule has 35 heavy (non-hydrogen) atoms. The first-order valence-corrected chi connectivity index (χ1v) is 17.2. The standard InChI is InChI=1S/C26H41BrFN3O3Si/c1-17-8-10-18(11-9-17)22(30-25(32)34-26(2,3)4)24-29-20-13-12-19(27)21(28)23(20)31(24)16-33-14-15-35(5,6)7/h12-13,17-18,22H,8-11,14-16H2,1-7H3,(H,30,32). The zero-order valence-electron chi connectivity index (χ0n) is 22.2. The Hall–Kier alpha value is -1.45. The number of hydrogen-bond donors (Lipinski definition) is 1. The van der Waals surface area contributed by atoms with Crippen LogP contribution in [0.4, 0.5) is 9.18 Å². The lowest BCUT2D eigenvalue weighted by atomic mass is 9.79. The molecule has 2 aromatic rings. The highest BCUT2D eigenvalue weighted by atomic mass is 79.9. The summed E-state index contributed by atoms with van der Waals surface area (Å²) < 4.78 is 29.2. The molecule has 0 radical (unpaired) electrons. The summed E-state index contributed by atoms with van der Waals surface area (Å²) in [6, 6.07) is 4.09. The maximum absolute atomic E-state index is 15.3. The van der Waals surface area contributed by atoms with Crippen molar-refractivity contribution in [2.45, 2.75) is 97.4 Å². The Morgan fingerprint density at radius 1 is 1.26 bits per heavy atom. The Labute approximate surface area is 218 Å². The van der Waals surface area contributed by atoms with Gasteiger partial charge in [0.1, 0.15) is 23.7 Å². The van der Waals surface area contributed by atoms with E-state index in [4.69, 9.17) is 14.5 Å². The molecule has 1 saturated carbocycles. The fraction of sp³-hybridized carbons (Fsp3) is 0.692. The van der Waals surface area contributed by atoms with E-state index in [1.807, 2.05) is 20.8 Å². The Morgan fingerprint density at radius 3 is 2.51 bits per heavy atom. The van der Waals surface area contributed by atoms with Crippen molar-refractivity contribution in [1.82, 2.24) is 14.9 Å². The molecule has 1 amide bonds. The molecule has 0 aliphatic heterocycles. The van der Waals surface area contributed by atoms with E-state index >= 15 is 4.39 Å². The lowest BCUT2D eigenvalue weighted by Gasteiger charge is -2.33. The molecular weight excluding hydrogens is 529 g/mol. The molecule has 1 heterocycles. The van der Waals surface area contributed by atoms with Gasteiger partial charge < -0.3 is 14.8 Å². The van der Waals surface area contributed by atoms with Crippen molar-refractivity contribution in [1.29, 1.82) is 0 Å². The zero-order valence-corrected chi connectivity index (χ0v) is 24.8. The number of hydrogen-bond acceptors (Lipinski definition) is 4. The summed E-state index contributed by atoms with van der Waals surface area (Å²) in [6.45, 7) is 15.5. The van der Waals surface area contributed by atoms with E-state index < -0.39 is 25.8 Å². The molecule has 1 aromatic heterocycles. The number of imidazole rings is 1. The molecule has 9 heteroatoms. The molecule has 1 aliphatic rings. The topological polar surface area (TPSA) is 65.4 Å². The van der Waals surface area contributed by atoms with Crippen molar-refractivity contribution in [3.05, 3.63) is 28.2 Å². The number of rotatable bonds is 8. The summed E-state index contributed by atoms with van der Waals surface area (Å²) in [7, 11) is -1.27. The van der Waals surface area contributed by atoms with Crippen molar-refractivity contribution < 1.29 is 18.7 Å². The van der Waals surface area contributed by atoms with Gasteiger partial charge in [0.05, 0.1) is 16.0 Å². The predicted molar refractivity (Wildman–Crippen MR) is 145 cm³/mol. The summed E-state index contributed by atoms with van der Waals surface area (Å²) in [5.41, 5.74) is 0.324. The number of carbonyl (C=O) groups excluding carboxylic acids is 1. The first-order chi connectivity index (χ1) is 16.2. The van der Waals surface area contributed by atoms with Crippen LogP contribution in [0.1, 0.15) is 65.2 Å². The Morgan fingerprint density at radius 2 is 1.91 bits per heavy atom. The third-order valence-corrected chi connectivity index (χ3v) is 8.84. The summed E-state index contributed by atoms with van der Waals surface area (Å²) in [4.78, 5) is 17.7. The number of halogens is 2. The second-order valence-electron chi connectivity index (χ2n) is 12.1. The molecule has 0 bridgehead atoms. The van der Waals surface area contributed by atoms with Crippen molar-refractivity contribution >= 4 is 41.1 Å². The molecule has 1 aromatic carbocycles. The fourth-order valence-electron chi connectivity index (χ4n) is 4.52. The number of alkyl carbamates (subject to hydrolysis) is 1. The van der Waals surface area contributed by atoms with Crippen LogP contribution in [0.15, 0.2) is 16.6 Å². The number of amides is 1. The molecule has 196 valence electrons. The van der Waals surface area contributed by atoms with Gasteiger partial charge in [-0.05, 0) is 79.6 Å². The van der Waals surface area contributed by atoms with Crippen LogP contribution in [0.25, 0.3) is 11.0 Å². The van der Waals surface area contributed by atoms with Gasteiger partial charge in [-0.1, -0.05) is 39.4 Å². The number of nitrogens with zero attached hydrogens (tertiary/aromatic N) is 2. The van der Waals surface area contributed by atoms with Crippen LogP contribution in [0, 0.1) is 17.7 Å². The van der Waals surface area contributed by atoms with E-state index in [0.29, 0.717) is 33.9 Å². The summed E-state index contributed by atoms with van der Waals surface area (Å²) in [6.07, 6.45) is 3.62. The third-order valence-electron chi connectivity index (χ3n) is 6.53. The van der Waals surface area contributed by atoms with E-state index in [1.54, 1.807) is 16.7 Å². The molecular formula is C26H41BrFN3O3Si. The maximum atomic E-state index is 15.3. The van der Waals surface area contributed by atoms with E-state index in [-0.39, 0.29) is 18.5 Å². The average molecular weight is 571 g/mol. The van der Waals surface area contributed by atoms with Crippen molar-refractivity contribution in [2.24, 2.45) is 11.8 Å². The van der Waals surface area contributed by atoms with Crippen LogP contribution >= 0.6 is 15.9 Å². The van der Waals surface area contributed by atoms with Crippen molar-refractivity contribution in [3.8, 4) is 0 Å². The van der Waals surface area contributed by atoms with Gasteiger partial charge in [-0.25, -0.2) is 14.2 Å². The number of aromatic nitrogens is 2.